The van der Waals surface area contributed by atoms with Crippen molar-refractivity contribution in [2.45, 2.75) is 88.9 Å². The predicted molar refractivity (Wildman–Crippen MR) is 108 cm³/mol. The van der Waals surface area contributed by atoms with Gasteiger partial charge in [0.2, 0.25) is 0 Å². The van der Waals surface area contributed by atoms with Gasteiger partial charge in [-0.1, -0.05) is 25.5 Å². The molecule has 8 saturated carbocycles. The van der Waals surface area contributed by atoms with Crippen LogP contribution < -0.4 is 5.32 Å². The minimum Gasteiger partial charge on any atom is -0.392 e. The Hall–Kier alpha value is -0.380. The van der Waals surface area contributed by atoms with Crippen molar-refractivity contribution in [3.8, 4) is 0 Å². The maximum Gasteiger partial charge on any atom is 0.0721 e. The lowest BCUT2D eigenvalue weighted by Gasteiger charge is -2.78. The fourth-order valence-corrected chi connectivity index (χ4v) is 11.9. The fourth-order valence-electron chi connectivity index (χ4n) is 11.9. The highest BCUT2D eigenvalue weighted by atomic mass is 16.3. The summed E-state index contributed by atoms with van der Waals surface area (Å²) in [6, 6.07) is 0.590. The zero-order valence-electron chi connectivity index (χ0n) is 17.6. The molecule has 0 saturated heterocycles. The lowest BCUT2D eigenvalue weighted by Crippen LogP contribution is -2.77. The Morgan fingerprint density at radius 3 is 2.71 bits per heavy atom. The van der Waals surface area contributed by atoms with Crippen molar-refractivity contribution in [3.63, 3.8) is 0 Å². The zero-order valence-corrected chi connectivity index (χ0v) is 17.6. The molecule has 9 aliphatic rings. The first kappa shape index (κ1) is 17.3. The largest absolute Gasteiger partial charge is 0.392 e. The molecular formula is C25H37NO2. The molecule has 0 aromatic rings. The average molecular weight is 384 g/mol. The summed E-state index contributed by atoms with van der Waals surface area (Å²) in [5, 5.41) is 28.6. The molecule has 0 heterocycles. The molecule has 154 valence electrons. The number of hydrogen-bond donors (Lipinski definition) is 3. The van der Waals surface area contributed by atoms with E-state index < -0.39 is 5.60 Å². The molecule has 0 aromatic heterocycles. The van der Waals surface area contributed by atoms with Gasteiger partial charge in [0.25, 0.3) is 0 Å². The average Bonchev–Trinajstić information content (AvgIpc) is 2.95. The third kappa shape index (κ3) is 1.45. The second kappa shape index (κ2) is 4.75. The summed E-state index contributed by atoms with van der Waals surface area (Å²) in [6.07, 6.45) is 16.2. The van der Waals surface area contributed by atoms with Gasteiger partial charge in [0, 0.05) is 22.8 Å². The van der Waals surface area contributed by atoms with E-state index in [4.69, 9.17) is 0 Å². The van der Waals surface area contributed by atoms with E-state index >= 15 is 0 Å². The van der Waals surface area contributed by atoms with Crippen molar-refractivity contribution < 1.29 is 10.2 Å². The molecule has 8 fully saturated rings. The van der Waals surface area contributed by atoms with Gasteiger partial charge in [-0.25, -0.2) is 0 Å². The Balaban J connectivity index is 1.52. The van der Waals surface area contributed by atoms with Gasteiger partial charge in [-0.05, 0) is 93.4 Å². The van der Waals surface area contributed by atoms with Crippen LogP contribution in [0.3, 0.4) is 0 Å². The van der Waals surface area contributed by atoms with Crippen LogP contribution in [-0.2, 0) is 0 Å². The molecule has 11 atom stereocenters. The van der Waals surface area contributed by atoms with Gasteiger partial charge < -0.3 is 15.5 Å². The Labute approximate surface area is 169 Å². The molecule has 0 amide bonds. The molecule has 3 N–H and O–H groups in total. The van der Waals surface area contributed by atoms with E-state index in [-0.39, 0.29) is 33.7 Å². The summed E-state index contributed by atoms with van der Waals surface area (Å²) in [5.74, 6) is 2.12. The van der Waals surface area contributed by atoms with Gasteiger partial charge in [-0.2, -0.15) is 0 Å². The SMILES string of the molecule is CNC1C2CCC34C(O)C5C=CC6CC5(C)CC(O)(C6)C3(C2)CC42CCCC12. The highest BCUT2D eigenvalue weighted by Gasteiger charge is 2.88. The highest BCUT2D eigenvalue weighted by Crippen LogP contribution is 2.89. The van der Waals surface area contributed by atoms with Gasteiger partial charge in [0.15, 0.2) is 0 Å². The third-order valence-corrected chi connectivity index (χ3v) is 12.2. The summed E-state index contributed by atoms with van der Waals surface area (Å²) >= 11 is 0. The molecule has 9 aliphatic carbocycles. The van der Waals surface area contributed by atoms with Crippen LogP contribution in [0.5, 0.6) is 0 Å². The number of nitrogens with one attached hydrogen (secondary N) is 1. The topological polar surface area (TPSA) is 52.5 Å². The van der Waals surface area contributed by atoms with Crippen molar-refractivity contribution in [3.05, 3.63) is 12.2 Å². The quantitative estimate of drug-likeness (QED) is 0.606. The van der Waals surface area contributed by atoms with E-state index in [2.05, 4.69) is 31.4 Å². The summed E-state index contributed by atoms with van der Waals surface area (Å²) in [5.41, 5.74) is -0.340. The Bertz CT molecular complexity index is 781. The van der Waals surface area contributed by atoms with Crippen molar-refractivity contribution in [1.29, 1.82) is 0 Å². The van der Waals surface area contributed by atoms with Crippen LogP contribution in [0.15, 0.2) is 12.2 Å². The summed E-state index contributed by atoms with van der Waals surface area (Å²) < 4.78 is 0. The smallest absolute Gasteiger partial charge is 0.0721 e. The third-order valence-electron chi connectivity index (χ3n) is 12.2. The van der Waals surface area contributed by atoms with Crippen LogP contribution in [0.4, 0.5) is 0 Å². The Morgan fingerprint density at radius 2 is 1.89 bits per heavy atom. The lowest BCUT2D eigenvalue weighted by atomic mass is 9.27. The van der Waals surface area contributed by atoms with E-state index in [0.29, 0.717) is 23.8 Å². The molecule has 3 heteroatoms. The highest BCUT2D eigenvalue weighted by molar-refractivity contribution is 5.38. The molecule has 0 aromatic carbocycles. The molecule has 11 unspecified atom stereocenters. The molecule has 28 heavy (non-hydrogen) atoms. The fraction of sp³-hybridized carbons (Fsp3) is 0.920. The second-order valence-electron chi connectivity index (χ2n) is 12.6. The number of fused-ring (bicyclic) bond motifs is 3. The Morgan fingerprint density at radius 1 is 1.04 bits per heavy atom. The van der Waals surface area contributed by atoms with Crippen molar-refractivity contribution >= 4 is 0 Å². The van der Waals surface area contributed by atoms with Crippen LogP contribution >= 0.6 is 0 Å². The van der Waals surface area contributed by atoms with E-state index in [0.717, 1.165) is 25.7 Å². The number of rotatable bonds is 1. The van der Waals surface area contributed by atoms with Crippen LogP contribution in [0, 0.1) is 45.3 Å². The number of aliphatic hydroxyl groups is 2. The first-order chi connectivity index (χ1) is 13.3. The van der Waals surface area contributed by atoms with Crippen molar-refractivity contribution in [2.24, 2.45) is 45.3 Å². The zero-order chi connectivity index (χ0) is 19.2. The minimum atomic E-state index is -0.579. The van der Waals surface area contributed by atoms with Gasteiger partial charge in [-0.15, -0.1) is 0 Å². The molecule has 9 rings (SSSR count). The monoisotopic (exact) mass is 383 g/mol. The lowest BCUT2D eigenvalue weighted by molar-refractivity contribution is -0.347. The van der Waals surface area contributed by atoms with Crippen molar-refractivity contribution in [1.82, 2.24) is 5.32 Å². The predicted octanol–water partition coefficient (Wildman–Crippen LogP) is 3.65. The second-order valence-corrected chi connectivity index (χ2v) is 12.6. The van der Waals surface area contributed by atoms with Crippen LogP contribution in [-0.4, -0.2) is 35.0 Å². The standard InChI is InChI=1S/C25H37NO2/c1-21-10-15-5-6-18(21)20(27)25-9-7-16-12-23(25,24(28,11-15)13-21)14-22(25)8-3-4-17(22)19(16)26-2/h5-6,15-20,26-28H,3-4,7-14H2,1-2H3. The summed E-state index contributed by atoms with van der Waals surface area (Å²) in [6.45, 7) is 2.39. The van der Waals surface area contributed by atoms with Gasteiger partial charge in [-0.3, -0.25) is 0 Å². The molecule has 7 bridgehead atoms. The molecule has 0 aliphatic heterocycles. The molecular weight excluding hydrogens is 346 g/mol. The van der Waals surface area contributed by atoms with Crippen LogP contribution in [0.25, 0.3) is 0 Å². The number of hydrogen-bond acceptors (Lipinski definition) is 3. The van der Waals surface area contributed by atoms with E-state index in [1.54, 1.807) is 0 Å². The summed E-state index contributed by atoms with van der Waals surface area (Å²) in [4.78, 5) is 0. The maximum atomic E-state index is 12.5. The van der Waals surface area contributed by atoms with Gasteiger partial charge >= 0.3 is 0 Å². The van der Waals surface area contributed by atoms with E-state index in [1.807, 2.05) is 0 Å². The first-order valence-electron chi connectivity index (χ1n) is 12.1. The number of allylic oxidation sites excluding steroid dienone is 1. The maximum absolute atomic E-state index is 12.5. The van der Waals surface area contributed by atoms with Gasteiger partial charge in [0.1, 0.15) is 0 Å². The number of aliphatic hydroxyl groups excluding tert-OH is 1. The molecule has 3 nitrogen and oxygen atoms in total. The van der Waals surface area contributed by atoms with Crippen LogP contribution in [0.1, 0.15) is 71.1 Å². The molecule has 0 radical (unpaired) electrons. The van der Waals surface area contributed by atoms with Crippen LogP contribution in [0.2, 0.25) is 0 Å². The van der Waals surface area contributed by atoms with Crippen molar-refractivity contribution in [2.75, 3.05) is 7.05 Å². The van der Waals surface area contributed by atoms with E-state index in [9.17, 15) is 10.2 Å². The normalized spacial score (nSPS) is 68.0. The summed E-state index contributed by atoms with van der Waals surface area (Å²) in [7, 11) is 2.17. The molecule has 3 spiro atoms. The first-order valence-corrected chi connectivity index (χ1v) is 12.1. The minimum absolute atomic E-state index is 0.0444. The van der Waals surface area contributed by atoms with Gasteiger partial charge in [0.05, 0.1) is 11.7 Å². The van der Waals surface area contributed by atoms with E-state index in [1.165, 1.54) is 38.5 Å². The Kier molecular flexibility index (Phi) is 2.94.